The molecular formula is C20H19N3O5. The molecule has 144 valence electrons. The lowest BCUT2D eigenvalue weighted by atomic mass is 10.1. The topological polar surface area (TPSA) is 110 Å². The number of aryl methyl sites for hydroxylation is 1. The van der Waals surface area contributed by atoms with Crippen LogP contribution in [-0.4, -0.2) is 35.5 Å². The zero-order valence-corrected chi connectivity index (χ0v) is 15.4. The van der Waals surface area contributed by atoms with E-state index >= 15 is 0 Å². The molecule has 2 aromatic carbocycles. The SMILES string of the molecule is COc1ccccc1C(=O)NCC(=O)OCc1nc2c(C)cccc2c(=O)[nH]1. The lowest BCUT2D eigenvalue weighted by Gasteiger charge is -2.09. The fraction of sp³-hybridized carbons (Fsp3) is 0.200. The average molecular weight is 381 g/mol. The van der Waals surface area contributed by atoms with Crippen LogP contribution in [0.15, 0.2) is 47.3 Å². The minimum atomic E-state index is -0.657. The van der Waals surface area contributed by atoms with E-state index in [1.807, 2.05) is 13.0 Å². The molecule has 0 unspecified atom stereocenters. The first-order valence-corrected chi connectivity index (χ1v) is 8.55. The summed E-state index contributed by atoms with van der Waals surface area (Å²) < 4.78 is 10.2. The molecule has 0 fully saturated rings. The maximum absolute atomic E-state index is 12.2. The third-order valence-electron chi connectivity index (χ3n) is 4.10. The van der Waals surface area contributed by atoms with Crippen molar-refractivity contribution >= 4 is 22.8 Å². The predicted octanol–water partition coefficient (Wildman–Crippen LogP) is 1.71. The van der Waals surface area contributed by atoms with Gasteiger partial charge in [-0.25, -0.2) is 4.98 Å². The van der Waals surface area contributed by atoms with Gasteiger partial charge in [-0.05, 0) is 30.7 Å². The number of esters is 1. The number of hydrogen-bond donors (Lipinski definition) is 2. The van der Waals surface area contributed by atoms with Crippen LogP contribution in [0.3, 0.4) is 0 Å². The van der Waals surface area contributed by atoms with Crippen molar-refractivity contribution in [2.24, 2.45) is 0 Å². The highest BCUT2D eigenvalue weighted by molar-refractivity contribution is 5.98. The van der Waals surface area contributed by atoms with Gasteiger partial charge in [-0.2, -0.15) is 0 Å². The molecule has 8 heteroatoms. The van der Waals surface area contributed by atoms with Crippen LogP contribution in [0.2, 0.25) is 0 Å². The lowest BCUT2D eigenvalue weighted by molar-refractivity contribution is -0.143. The normalized spacial score (nSPS) is 10.5. The van der Waals surface area contributed by atoms with Gasteiger partial charge in [0.15, 0.2) is 0 Å². The lowest BCUT2D eigenvalue weighted by Crippen LogP contribution is -2.31. The van der Waals surface area contributed by atoms with E-state index in [4.69, 9.17) is 9.47 Å². The van der Waals surface area contributed by atoms with Gasteiger partial charge in [-0.1, -0.05) is 24.3 Å². The Bertz CT molecular complexity index is 1090. The number of fused-ring (bicyclic) bond motifs is 1. The molecule has 0 aliphatic rings. The number of aromatic nitrogens is 2. The van der Waals surface area contributed by atoms with Gasteiger partial charge in [-0.15, -0.1) is 0 Å². The molecule has 0 spiro atoms. The third-order valence-corrected chi connectivity index (χ3v) is 4.10. The van der Waals surface area contributed by atoms with Gasteiger partial charge in [0.05, 0.1) is 23.6 Å². The number of rotatable bonds is 6. The van der Waals surface area contributed by atoms with Crippen molar-refractivity contribution < 1.29 is 19.1 Å². The van der Waals surface area contributed by atoms with E-state index in [0.717, 1.165) is 5.56 Å². The number of carbonyl (C=O) groups excluding carboxylic acids is 2. The molecule has 0 saturated heterocycles. The zero-order valence-electron chi connectivity index (χ0n) is 15.4. The minimum absolute atomic E-state index is 0.205. The minimum Gasteiger partial charge on any atom is -0.496 e. The number of nitrogens with one attached hydrogen (secondary N) is 2. The Morgan fingerprint density at radius 1 is 1.14 bits per heavy atom. The monoisotopic (exact) mass is 381 g/mol. The number of carbonyl (C=O) groups is 2. The van der Waals surface area contributed by atoms with Gasteiger partial charge in [0, 0.05) is 0 Å². The summed E-state index contributed by atoms with van der Waals surface area (Å²) in [4.78, 5) is 43.2. The Morgan fingerprint density at radius 3 is 2.71 bits per heavy atom. The van der Waals surface area contributed by atoms with Crippen molar-refractivity contribution in [3.05, 3.63) is 69.8 Å². The zero-order chi connectivity index (χ0) is 20.1. The summed E-state index contributed by atoms with van der Waals surface area (Å²) in [5, 5.41) is 2.95. The summed E-state index contributed by atoms with van der Waals surface area (Å²) >= 11 is 0. The van der Waals surface area contributed by atoms with Crippen LogP contribution in [0.4, 0.5) is 0 Å². The summed E-state index contributed by atoms with van der Waals surface area (Å²) in [6.45, 7) is 1.31. The van der Waals surface area contributed by atoms with Crippen molar-refractivity contribution in [2.75, 3.05) is 13.7 Å². The van der Waals surface area contributed by atoms with E-state index in [1.165, 1.54) is 7.11 Å². The summed E-state index contributed by atoms with van der Waals surface area (Å²) in [5.74, 6) is -0.476. The second-order valence-electron chi connectivity index (χ2n) is 6.03. The highest BCUT2D eigenvalue weighted by Gasteiger charge is 2.14. The van der Waals surface area contributed by atoms with Crippen LogP contribution in [0.25, 0.3) is 10.9 Å². The van der Waals surface area contributed by atoms with Gasteiger partial charge in [0.25, 0.3) is 11.5 Å². The maximum atomic E-state index is 12.2. The maximum Gasteiger partial charge on any atom is 0.325 e. The summed E-state index contributed by atoms with van der Waals surface area (Å²) in [6, 6.07) is 12.0. The number of hydrogen-bond acceptors (Lipinski definition) is 6. The Hall–Kier alpha value is -3.68. The van der Waals surface area contributed by atoms with Crippen LogP contribution < -0.4 is 15.6 Å². The quantitative estimate of drug-likeness (QED) is 0.629. The van der Waals surface area contributed by atoms with Gasteiger partial charge in [0.1, 0.15) is 24.7 Å². The van der Waals surface area contributed by atoms with Gasteiger partial charge >= 0.3 is 5.97 Å². The van der Waals surface area contributed by atoms with Crippen molar-refractivity contribution in [3.63, 3.8) is 0 Å². The van der Waals surface area contributed by atoms with Crippen LogP contribution in [-0.2, 0) is 16.1 Å². The Morgan fingerprint density at radius 2 is 1.93 bits per heavy atom. The predicted molar refractivity (Wildman–Crippen MR) is 102 cm³/mol. The smallest absolute Gasteiger partial charge is 0.325 e. The standard InChI is InChI=1S/C20H19N3O5/c1-12-6-5-8-14-18(12)22-16(23-20(14)26)11-28-17(24)10-21-19(25)13-7-3-4-9-15(13)27-2/h3-9H,10-11H2,1-2H3,(H,21,25)(H,22,23,26). The molecule has 3 rings (SSSR count). The molecule has 0 radical (unpaired) electrons. The first-order valence-electron chi connectivity index (χ1n) is 8.55. The number of H-pyrrole nitrogens is 1. The van der Waals surface area contributed by atoms with Gasteiger partial charge in [-0.3, -0.25) is 14.4 Å². The molecule has 2 N–H and O–H groups in total. The Balaban J connectivity index is 1.60. The number of aromatic amines is 1. The third kappa shape index (κ3) is 4.17. The highest BCUT2D eigenvalue weighted by atomic mass is 16.5. The molecule has 3 aromatic rings. The van der Waals surface area contributed by atoms with Crippen molar-refractivity contribution in [2.45, 2.75) is 13.5 Å². The molecule has 1 amide bonds. The van der Waals surface area contributed by atoms with E-state index < -0.39 is 11.9 Å². The number of methoxy groups -OCH3 is 1. The molecule has 0 saturated carbocycles. The van der Waals surface area contributed by atoms with E-state index in [0.29, 0.717) is 22.2 Å². The fourth-order valence-electron chi connectivity index (χ4n) is 2.70. The van der Waals surface area contributed by atoms with Gasteiger partial charge in [0.2, 0.25) is 0 Å². The fourth-order valence-corrected chi connectivity index (χ4v) is 2.70. The number of amides is 1. The van der Waals surface area contributed by atoms with Crippen molar-refractivity contribution in [1.29, 1.82) is 0 Å². The molecule has 0 bridgehead atoms. The van der Waals surface area contributed by atoms with Crippen LogP contribution in [0, 0.1) is 6.92 Å². The summed E-state index contributed by atoms with van der Waals surface area (Å²) in [6.07, 6.45) is 0. The Kier molecular flexibility index (Phi) is 5.69. The number of para-hydroxylation sites is 2. The number of benzene rings is 2. The first-order chi connectivity index (χ1) is 13.5. The van der Waals surface area contributed by atoms with E-state index in [2.05, 4.69) is 15.3 Å². The largest absolute Gasteiger partial charge is 0.496 e. The number of ether oxygens (including phenoxy) is 2. The second-order valence-corrected chi connectivity index (χ2v) is 6.03. The molecular weight excluding hydrogens is 362 g/mol. The number of nitrogens with zero attached hydrogens (tertiary/aromatic N) is 1. The van der Waals surface area contributed by atoms with Crippen LogP contribution >= 0.6 is 0 Å². The Labute approximate surface area is 160 Å². The second kappa shape index (κ2) is 8.34. The van der Waals surface area contributed by atoms with E-state index in [9.17, 15) is 14.4 Å². The molecule has 8 nitrogen and oxygen atoms in total. The average Bonchev–Trinajstić information content (AvgIpc) is 2.71. The summed E-state index contributed by atoms with van der Waals surface area (Å²) in [5.41, 5.74) is 1.42. The van der Waals surface area contributed by atoms with Crippen molar-refractivity contribution in [3.8, 4) is 5.75 Å². The molecule has 1 aromatic heterocycles. The van der Waals surface area contributed by atoms with E-state index in [-0.39, 0.29) is 24.5 Å². The molecule has 0 atom stereocenters. The van der Waals surface area contributed by atoms with Gasteiger partial charge < -0.3 is 19.8 Å². The molecule has 0 aliphatic heterocycles. The molecule has 0 aliphatic carbocycles. The highest BCUT2D eigenvalue weighted by Crippen LogP contribution is 2.16. The molecule has 28 heavy (non-hydrogen) atoms. The van der Waals surface area contributed by atoms with Crippen LogP contribution in [0.1, 0.15) is 21.7 Å². The van der Waals surface area contributed by atoms with E-state index in [1.54, 1.807) is 36.4 Å². The summed E-state index contributed by atoms with van der Waals surface area (Å²) in [7, 11) is 1.46. The first kappa shape index (κ1) is 19.1. The van der Waals surface area contributed by atoms with Crippen LogP contribution in [0.5, 0.6) is 5.75 Å². The molecule has 1 heterocycles. The van der Waals surface area contributed by atoms with Crippen molar-refractivity contribution in [1.82, 2.24) is 15.3 Å².